The van der Waals surface area contributed by atoms with Crippen LogP contribution in [0.4, 0.5) is 5.69 Å². The van der Waals surface area contributed by atoms with Gasteiger partial charge in [0.2, 0.25) is 11.8 Å². The van der Waals surface area contributed by atoms with E-state index >= 15 is 0 Å². The largest absolute Gasteiger partial charge is 0.480 e. The van der Waals surface area contributed by atoms with E-state index < -0.39 is 35.8 Å². The Morgan fingerprint density at radius 3 is 2.36 bits per heavy atom. The monoisotopic (exact) mass is 350 g/mol. The molecule has 0 fully saturated rings. The Balaban J connectivity index is 2.73. The quantitative estimate of drug-likeness (QED) is 0.398. The van der Waals surface area contributed by atoms with Crippen molar-refractivity contribution >= 4 is 29.4 Å². The second-order valence-corrected chi connectivity index (χ2v) is 5.64. The van der Waals surface area contributed by atoms with Crippen LogP contribution >= 0.6 is 0 Å². The van der Waals surface area contributed by atoms with E-state index in [0.717, 1.165) is 0 Å². The summed E-state index contributed by atoms with van der Waals surface area (Å²) in [5.41, 5.74) is 11.9. The molecule has 0 heterocycles. The van der Waals surface area contributed by atoms with Crippen molar-refractivity contribution in [1.82, 2.24) is 10.6 Å². The Morgan fingerprint density at radius 2 is 1.84 bits per heavy atom. The number of anilines is 1. The van der Waals surface area contributed by atoms with Gasteiger partial charge in [-0.05, 0) is 31.9 Å². The second kappa shape index (κ2) is 8.67. The molecule has 9 nitrogen and oxygen atoms in total. The normalized spacial score (nSPS) is 12.7. The maximum absolute atomic E-state index is 12.3. The molecule has 1 rings (SSSR count). The summed E-state index contributed by atoms with van der Waals surface area (Å²) in [6.07, 6.45) is -0.320. The maximum atomic E-state index is 12.3. The Kier molecular flexibility index (Phi) is 6.92. The molecule has 1 aromatic carbocycles. The van der Waals surface area contributed by atoms with E-state index in [1.165, 1.54) is 6.92 Å². The lowest BCUT2D eigenvalue weighted by Crippen LogP contribution is -2.50. The summed E-state index contributed by atoms with van der Waals surface area (Å²) in [7, 11) is 0. The number of rotatable bonds is 8. The summed E-state index contributed by atoms with van der Waals surface area (Å²) >= 11 is 0. The van der Waals surface area contributed by atoms with Crippen LogP contribution in [0.3, 0.4) is 0 Å². The van der Waals surface area contributed by atoms with E-state index in [2.05, 4.69) is 10.6 Å². The van der Waals surface area contributed by atoms with Crippen LogP contribution in [0.2, 0.25) is 0 Å². The van der Waals surface area contributed by atoms with Gasteiger partial charge in [-0.3, -0.25) is 14.4 Å². The maximum Gasteiger partial charge on any atom is 0.326 e. The molecule has 0 unspecified atom stereocenters. The highest BCUT2D eigenvalue weighted by molar-refractivity contribution is 6.02. The molecule has 9 heteroatoms. The molecule has 136 valence electrons. The Hall–Kier alpha value is -3.10. The number of benzene rings is 1. The fourth-order valence-corrected chi connectivity index (χ4v) is 2.18. The number of amides is 3. The van der Waals surface area contributed by atoms with Gasteiger partial charge in [-0.2, -0.15) is 0 Å². The topological polar surface area (TPSA) is 165 Å². The molecule has 1 aromatic rings. The molecule has 0 aliphatic heterocycles. The summed E-state index contributed by atoms with van der Waals surface area (Å²) in [5, 5.41) is 13.8. The zero-order valence-corrected chi connectivity index (χ0v) is 14.0. The highest BCUT2D eigenvalue weighted by atomic mass is 16.4. The van der Waals surface area contributed by atoms with Crippen molar-refractivity contribution in [3.8, 4) is 0 Å². The number of carboxylic acids is 1. The molecule has 3 amide bonds. The number of aryl methyl sites for hydroxylation is 1. The highest BCUT2D eigenvalue weighted by Crippen LogP contribution is 2.16. The molecule has 0 spiro atoms. The fourth-order valence-electron chi connectivity index (χ4n) is 2.18. The van der Waals surface area contributed by atoms with E-state index in [-0.39, 0.29) is 24.1 Å². The molecule has 0 aromatic heterocycles. The minimum atomic E-state index is -1.30. The molecule has 0 radical (unpaired) electrons. The Labute approximate surface area is 144 Å². The van der Waals surface area contributed by atoms with Gasteiger partial charge in [0.25, 0.3) is 5.91 Å². The van der Waals surface area contributed by atoms with E-state index in [1.807, 2.05) is 0 Å². The number of carbonyl (C=O) groups is 4. The second-order valence-electron chi connectivity index (χ2n) is 5.64. The summed E-state index contributed by atoms with van der Waals surface area (Å²) in [6, 6.07) is 2.70. The number of nitrogens with one attached hydrogen (secondary N) is 2. The van der Waals surface area contributed by atoms with Gasteiger partial charge in [0.1, 0.15) is 12.1 Å². The van der Waals surface area contributed by atoms with Crippen molar-refractivity contribution in [2.24, 2.45) is 5.73 Å². The lowest BCUT2D eigenvalue weighted by atomic mass is 10.1. The third-order valence-corrected chi connectivity index (χ3v) is 3.57. The van der Waals surface area contributed by atoms with Crippen molar-refractivity contribution in [3.05, 3.63) is 29.3 Å². The number of aliphatic carboxylic acids is 1. The van der Waals surface area contributed by atoms with Crippen LogP contribution in [-0.2, 0) is 14.4 Å². The number of hydrogen-bond donors (Lipinski definition) is 5. The number of nitrogen functional groups attached to an aromatic ring is 1. The van der Waals surface area contributed by atoms with Crippen molar-refractivity contribution in [1.29, 1.82) is 0 Å². The van der Waals surface area contributed by atoms with Crippen molar-refractivity contribution in [3.63, 3.8) is 0 Å². The number of carboxylic acid groups (broad SMARTS) is 1. The summed E-state index contributed by atoms with van der Waals surface area (Å²) in [6.45, 7) is 3.12. The molecule has 0 saturated heterocycles. The van der Waals surface area contributed by atoms with Crippen molar-refractivity contribution < 1.29 is 24.3 Å². The van der Waals surface area contributed by atoms with Crippen LogP contribution in [0.25, 0.3) is 0 Å². The number of primary amides is 1. The third-order valence-electron chi connectivity index (χ3n) is 3.57. The third kappa shape index (κ3) is 5.79. The van der Waals surface area contributed by atoms with Gasteiger partial charge in [0.05, 0.1) is 5.56 Å². The zero-order valence-electron chi connectivity index (χ0n) is 14.0. The van der Waals surface area contributed by atoms with Crippen LogP contribution in [-0.4, -0.2) is 40.9 Å². The minimum Gasteiger partial charge on any atom is -0.480 e. The number of hydrogen-bond acceptors (Lipinski definition) is 5. The van der Waals surface area contributed by atoms with E-state index in [0.29, 0.717) is 5.56 Å². The summed E-state index contributed by atoms with van der Waals surface area (Å²) in [4.78, 5) is 46.3. The zero-order chi connectivity index (χ0) is 19.1. The van der Waals surface area contributed by atoms with E-state index in [4.69, 9.17) is 16.6 Å². The first-order chi connectivity index (χ1) is 11.6. The smallest absolute Gasteiger partial charge is 0.326 e. The van der Waals surface area contributed by atoms with Gasteiger partial charge in [-0.15, -0.1) is 0 Å². The fraction of sp³-hybridized carbons (Fsp3) is 0.375. The van der Waals surface area contributed by atoms with Crippen molar-refractivity contribution in [2.75, 3.05) is 5.73 Å². The molecule has 7 N–H and O–H groups in total. The molecular formula is C16H22N4O5. The van der Waals surface area contributed by atoms with Gasteiger partial charge in [0, 0.05) is 12.1 Å². The van der Waals surface area contributed by atoms with Gasteiger partial charge < -0.3 is 27.2 Å². The highest BCUT2D eigenvalue weighted by Gasteiger charge is 2.25. The molecule has 25 heavy (non-hydrogen) atoms. The molecular weight excluding hydrogens is 328 g/mol. The van der Waals surface area contributed by atoms with Crippen LogP contribution in [0.1, 0.15) is 35.7 Å². The lowest BCUT2D eigenvalue weighted by Gasteiger charge is -2.19. The van der Waals surface area contributed by atoms with Crippen LogP contribution in [0.15, 0.2) is 18.2 Å². The Bertz CT molecular complexity index is 669. The SMILES string of the molecule is Cc1cccc(N)c1C(=O)N[C@H](C)C(=O)N[C@@H](CCC(N)=O)C(=O)O. The van der Waals surface area contributed by atoms with Gasteiger partial charge >= 0.3 is 5.97 Å². The summed E-state index contributed by atoms with van der Waals surface area (Å²) in [5.74, 6) is -3.20. The van der Waals surface area contributed by atoms with Crippen LogP contribution in [0.5, 0.6) is 0 Å². The van der Waals surface area contributed by atoms with E-state index in [9.17, 15) is 19.2 Å². The molecule has 0 bridgehead atoms. The predicted molar refractivity (Wildman–Crippen MR) is 90.5 cm³/mol. The van der Waals surface area contributed by atoms with Gasteiger partial charge in [0.15, 0.2) is 0 Å². The lowest BCUT2D eigenvalue weighted by molar-refractivity contribution is -0.142. The van der Waals surface area contributed by atoms with Crippen molar-refractivity contribution in [2.45, 2.75) is 38.8 Å². The van der Waals surface area contributed by atoms with E-state index in [1.54, 1.807) is 25.1 Å². The van der Waals surface area contributed by atoms with Crippen LogP contribution in [0, 0.1) is 6.92 Å². The minimum absolute atomic E-state index is 0.137. The van der Waals surface area contributed by atoms with Gasteiger partial charge in [-0.25, -0.2) is 4.79 Å². The molecule has 0 aliphatic rings. The molecule has 0 aliphatic carbocycles. The molecule has 2 atom stereocenters. The first-order valence-electron chi connectivity index (χ1n) is 7.61. The van der Waals surface area contributed by atoms with Gasteiger partial charge in [-0.1, -0.05) is 12.1 Å². The first kappa shape index (κ1) is 19.9. The number of carbonyl (C=O) groups excluding carboxylic acids is 3. The number of nitrogens with two attached hydrogens (primary N) is 2. The summed E-state index contributed by atoms with van der Waals surface area (Å²) < 4.78 is 0. The Morgan fingerprint density at radius 1 is 1.20 bits per heavy atom. The predicted octanol–water partition coefficient (Wildman–Crippen LogP) is -0.470. The standard InChI is InChI=1S/C16H22N4O5/c1-8-4-3-5-10(17)13(8)15(23)19-9(2)14(22)20-11(16(24)25)6-7-12(18)21/h3-5,9,11H,6-7,17H2,1-2H3,(H2,18,21)(H,19,23)(H,20,22)(H,24,25)/t9-,11+/m1/s1. The average molecular weight is 350 g/mol. The average Bonchev–Trinajstić information content (AvgIpc) is 2.50. The first-order valence-corrected chi connectivity index (χ1v) is 7.61. The van der Waals surface area contributed by atoms with Crippen LogP contribution < -0.4 is 22.1 Å². The molecule has 0 saturated carbocycles.